The maximum absolute atomic E-state index is 13.0. The highest BCUT2D eigenvalue weighted by molar-refractivity contribution is 6.00. The first-order valence-electron chi connectivity index (χ1n) is 8.95. The van der Waals surface area contributed by atoms with Crippen molar-refractivity contribution in [3.8, 4) is 0 Å². The Labute approximate surface area is 154 Å². The van der Waals surface area contributed by atoms with E-state index in [1.807, 2.05) is 48.5 Å². The molecule has 0 aliphatic carbocycles. The van der Waals surface area contributed by atoms with Gasteiger partial charge < -0.3 is 9.64 Å². The highest BCUT2D eigenvalue weighted by Gasteiger charge is 2.29. The highest BCUT2D eigenvalue weighted by Crippen LogP contribution is 2.35. The van der Waals surface area contributed by atoms with Crippen molar-refractivity contribution in [1.82, 2.24) is 0 Å². The Morgan fingerprint density at radius 2 is 1.81 bits per heavy atom. The van der Waals surface area contributed by atoms with Gasteiger partial charge in [-0.15, -0.1) is 0 Å². The Morgan fingerprint density at radius 3 is 2.54 bits per heavy atom. The zero-order chi connectivity index (χ0) is 18.5. The molecular formula is C21H24N2O3. The average molecular weight is 352 g/mol. The molecule has 0 saturated carbocycles. The van der Waals surface area contributed by atoms with Crippen molar-refractivity contribution in [3.05, 3.63) is 60.2 Å². The molecule has 26 heavy (non-hydrogen) atoms. The first kappa shape index (κ1) is 18.0. The fourth-order valence-corrected chi connectivity index (χ4v) is 3.38. The number of rotatable bonds is 6. The topological polar surface area (TPSA) is 49.9 Å². The minimum atomic E-state index is -0.403. The summed E-state index contributed by atoms with van der Waals surface area (Å²) in [5, 5.41) is 0. The first-order valence-corrected chi connectivity index (χ1v) is 8.95. The maximum atomic E-state index is 13.0. The van der Waals surface area contributed by atoms with Crippen LogP contribution in [0.2, 0.25) is 0 Å². The van der Waals surface area contributed by atoms with Gasteiger partial charge in [0.05, 0.1) is 13.2 Å². The summed E-state index contributed by atoms with van der Waals surface area (Å²) in [4.78, 5) is 28.6. The second kappa shape index (κ2) is 8.04. The van der Waals surface area contributed by atoms with Gasteiger partial charge in [0.2, 0.25) is 5.91 Å². The summed E-state index contributed by atoms with van der Waals surface area (Å²) in [6.07, 6.45) is 0. The van der Waals surface area contributed by atoms with Crippen molar-refractivity contribution >= 4 is 23.3 Å². The summed E-state index contributed by atoms with van der Waals surface area (Å²) in [5.41, 5.74) is 3.06. The first-order chi connectivity index (χ1) is 12.6. The van der Waals surface area contributed by atoms with E-state index in [-0.39, 0.29) is 19.0 Å². The number of benzene rings is 2. The number of hydrogen-bond donors (Lipinski definition) is 0. The Balaban J connectivity index is 1.79. The smallest absolute Gasteiger partial charge is 0.326 e. The van der Waals surface area contributed by atoms with Crippen LogP contribution in [0.4, 0.5) is 11.4 Å². The SMILES string of the molecule is CCOC(=O)CN(C(=O)CN1CC(C)c2ccccc21)c1ccccc1. The van der Waals surface area contributed by atoms with Crippen LogP contribution in [0.25, 0.3) is 0 Å². The van der Waals surface area contributed by atoms with E-state index in [4.69, 9.17) is 4.74 Å². The van der Waals surface area contributed by atoms with Gasteiger partial charge in [-0.05, 0) is 30.7 Å². The van der Waals surface area contributed by atoms with E-state index in [9.17, 15) is 9.59 Å². The van der Waals surface area contributed by atoms with Crippen LogP contribution in [0.3, 0.4) is 0 Å². The van der Waals surface area contributed by atoms with Gasteiger partial charge >= 0.3 is 5.97 Å². The summed E-state index contributed by atoms with van der Waals surface area (Å²) >= 11 is 0. The van der Waals surface area contributed by atoms with Crippen LogP contribution >= 0.6 is 0 Å². The van der Waals surface area contributed by atoms with Crippen molar-refractivity contribution in [1.29, 1.82) is 0 Å². The van der Waals surface area contributed by atoms with Gasteiger partial charge in [0, 0.05) is 23.8 Å². The summed E-state index contributed by atoms with van der Waals surface area (Å²) < 4.78 is 5.04. The van der Waals surface area contributed by atoms with Crippen molar-refractivity contribution in [2.75, 3.05) is 36.0 Å². The predicted octanol–water partition coefficient (Wildman–Crippen LogP) is 3.21. The molecule has 136 valence electrons. The minimum Gasteiger partial charge on any atom is -0.465 e. The number of anilines is 2. The molecule has 0 aromatic heterocycles. The molecule has 2 aromatic carbocycles. The molecule has 1 heterocycles. The Hall–Kier alpha value is -2.82. The van der Waals surface area contributed by atoms with E-state index >= 15 is 0 Å². The number of para-hydroxylation sites is 2. The molecule has 1 aliphatic rings. The molecule has 1 amide bonds. The molecule has 5 heteroatoms. The van der Waals surface area contributed by atoms with E-state index in [0.29, 0.717) is 18.2 Å². The number of hydrogen-bond acceptors (Lipinski definition) is 4. The lowest BCUT2D eigenvalue weighted by Gasteiger charge is -2.26. The number of amides is 1. The summed E-state index contributed by atoms with van der Waals surface area (Å²) in [6.45, 7) is 5.17. The molecule has 3 rings (SSSR count). The molecular weight excluding hydrogens is 328 g/mol. The van der Waals surface area contributed by atoms with Crippen LogP contribution in [0.1, 0.15) is 25.3 Å². The molecule has 0 spiro atoms. The zero-order valence-electron chi connectivity index (χ0n) is 15.2. The van der Waals surface area contributed by atoms with E-state index in [2.05, 4.69) is 17.9 Å². The normalized spacial score (nSPS) is 15.5. The van der Waals surface area contributed by atoms with Crippen LogP contribution < -0.4 is 9.80 Å². The predicted molar refractivity (Wildman–Crippen MR) is 102 cm³/mol. The van der Waals surface area contributed by atoms with E-state index in [1.165, 1.54) is 10.5 Å². The van der Waals surface area contributed by atoms with Gasteiger partial charge in [-0.25, -0.2) is 0 Å². The number of carbonyl (C=O) groups is 2. The van der Waals surface area contributed by atoms with Gasteiger partial charge in [-0.3, -0.25) is 14.5 Å². The Morgan fingerprint density at radius 1 is 1.12 bits per heavy atom. The van der Waals surface area contributed by atoms with E-state index in [0.717, 1.165) is 12.2 Å². The lowest BCUT2D eigenvalue weighted by atomic mass is 10.0. The average Bonchev–Trinajstić information content (AvgIpc) is 2.97. The van der Waals surface area contributed by atoms with Gasteiger partial charge in [-0.1, -0.05) is 43.3 Å². The highest BCUT2D eigenvalue weighted by atomic mass is 16.5. The molecule has 0 fully saturated rings. The van der Waals surface area contributed by atoms with Crippen molar-refractivity contribution < 1.29 is 14.3 Å². The fraction of sp³-hybridized carbons (Fsp3) is 0.333. The summed E-state index contributed by atoms with van der Waals surface area (Å²) in [7, 11) is 0. The number of ether oxygens (including phenoxy) is 1. The molecule has 1 unspecified atom stereocenters. The third-order valence-corrected chi connectivity index (χ3v) is 4.59. The van der Waals surface area contributed by atoms with Gasteiger partial charge in [0.15, 0.2) is 0 Å². The number of esters is 1. The van der Waals surface area contributed by atoms with Gasteiger partial charge in [0.1, 0.15) is 6.54 Å². The molecule has 0 bridgehead atoms. The molecule has 5 nitrogen and oxygen atoms in total. The second-order valence-corrected chi connectivity index (χ2v) is 6.46. The number of carbonyl (C=O) groups excluding carboxylic acids is 2. The Bertz CT molecular complexity index is 776. The van der Waals surface area contributed by atoms with E-state index in [1.54, 1.807) is 6.92 Å². The number of fused-ring (bicyclic) bond motifs is 1. The van der Waals surface area contributed by atoms with Crippen LogP contribution in [0, 0.1) is 0 Å². The third kappa shape index (κ3) is 3.87. The fourth-order valence-electron chi connectivity index (χ4n) is 3.38. The largest absolute Gasteiger partial charge is 0.465 e. The van der Waals surface area contributed by atoms with Crippen LogP contribution in [-0.2, 0) is 14.3 Å². The lowest BCUT2D eigenvalue weighted by molar-refractivity contribution is -0.142. The summed E-state index contributed by atoms with van der Waals surface area (Å²) in [5.74, 6) is -0.137. The van der Waals surface area contributed by atoms with Crippen molar-refractivity contribution in [2.24, 2.45) is 0 Å². The quantitative estimate of drug-likeness (QED) is 0.749. The molecule has 0 radical (unpaired) electrons. The monoisotopic (exact) mass is 352 g/mol. The van der Waals surface area contributed by atoms with Crippen LogP contribution in [0.5, 0.6) is 0 Å². The zero-order valence-corrected chi connectivity index (χ0v) is 15.2. The molecule has 0 N–H and O–H groups in total. The molecule has 1 atom stereocenters. The second-order valence-electron chi connectivity index (χ2n) is 6.46. The van der Waals surface area contributed by atoms with Gasteiger partial charge in [-0.2, -0.15) is 0 Å². The standard InChI is InChI=1S/C21H24N2O3/c1-3-26-21(25)15-23(17-9-5-4-6-10-17)20(24)14-22-13-16(2)18-11-7-8-12-19(18)22/h4-12,16H,3,13-15H2,1-2H3. The van der Waals surface area contributed by atoms with Crippen LogP contribution in [-0.4, -0.2) is 38.1 Å². The van der Waals surface area contributed by atoms with Gasteiger partial charge in [0.25, 0.3) is 0 Å². The lowest BCUT2D eigenvalue weighted by Crippen LogP contribution is -2.43. The summed E-state index contributed by atoms with van der Waals surface area (Å²) in [6, 6.07) is 17.4. The van der Waals surface area contributed by atoms with Crippen molar-refractivity contribution in [2.45, 2.75) is 19.8 Å². The minimum absolute atomic E-state index is 0.0816. The van der Waals surface area contributed by atoms with Crippen LogP contribution in [0.15, 0.2) is 54.6 Å². The molecule has 2 aromatic rings. The Kier molecular flexibility index (Phi) is 5.56. The van der Waals surface area contributed by atoms with Crippen molar-refractivity contribution in [3.63, 3.8) is 0 Å². The molecule has 1 aliphatic heterocycles. The number of nitrogens with zero attached hydrogens (tertiary/aromatic N) is 2. The third-order valence-electron chi connectivity index (χ3n) is 4.59. The maximum Gasteiger partial charge on any atom is 0.326 e. The molecule has 0 saturated heterocycles. The van der Waals surface area contributed by atoms with E-state index < -0.39 is 5.97 Å².